The standard InChI is InChI=1S/C39H58N4O2S/c1-10-14-31(29(7)26(4)11-2)38-33(24-39(8,9)21-20-28(6)44)32-23-30(16-17-35(32)43(38)12-3)34-25-46-37(42-34)19-18-36(45)27(5)15-13-22-41-40/h10,14,16-17,23,25-27,41H,11-13,15,18-22,24,40H2,1-9H3/b14-10-,31-29-. The Morgan fingerprint density at radius 3 is 2.50 bits per heavy atom. The van der Waals surface area contributed by atoms with E-state index in [0.29, 0.717) is 31.0 Å². The highest BCUT2D eigenvalue weighted by atomic mass is 32.1. The third-order valence-corrected chi connectivity index (χ3v) is 10.5. The maximum atomic E-state index is 12.7. The lowest BCUT2D eigenvalue weighted by Crippen LogP contribution is -2.24. The van der Waals surface area contributed by atoms with Crippen LogP contribution in [0.3, 0.4) is 0 Å². The first-order chi connectivity index (χ1) is 21.9. The SMILES string of the molecule is C/C=C\C(=C(/C)C(C)CC)c1c(CC(C)(C)CCC(C)=O)c2cc(-c3csc(CCC(=O)C(C)CCCNN)n3)ccc2n1CC. The summed E-state index contributed by atoms with van der Waals surface area (Å²) in [5.41, 5.74) is 11.3. The van der Waals surface area contributed by atoms with Crippen LogP contribution in [0.2, 0.25) is 0 Å². The average molecular weight is 647 g/mol. The Morgan fingerprint density at radius 1 is 1.13 bits per heavy atom. The summed E-state index contributed by atoms with van der Waals surface area (Å²) in [5, 5.41) is 4.39. The number of Topliss-reactive ketones (excluding diaryl/α,β-unsaturated/α-hetero) is 2. The normalized spacial score (nSPS) is 14.2. The molecule has 0 saturated heterocycles. The zero-order valence-corrected chi connectivity index (χ0v) is 30.7. The first-order valence-electron chi connectivity index (χ1n) is 17.3. The van der Waals surface area contributed by atoms with Gasteiger partial charge >= 0.3 is 0 Å². The molecule has 2 unspecified atom stereocenters. The van der Waals surface area contributed by atoms with Crippen molar-refractivity contribution in [2.45, 2.75) is 120 Å². The number of nitrogens with one attached hydrogen (secondary N) is 1. The predicted molar refractivity (Wildman–Crippen MR) is 197 cm³/mol. The van der Waals surface area contributed by atoms with Crippen molar-refractivity contribution >= 4 is 39.4 Å². The van der Waals surface area contributed by atoms with Crippen LogP contribution < -0.4 is 11.3 Å². The second-order valence-electron chi connectivity index (χ2n) is 13.8. The summed E-state index contributed by atoms with van der Waals surface area (Å²) in [6.45, 7) is 21.1. The number of carbonyl (C=O) groups is 2. The Kier molecular flexibility index (Phi) is 14.2. The smallest absolute Gasteiger partial charge is 0.136 e. The van der Waals surface area contributed by atoms with Crippen LogP contribution >= 0.6 is 11.3 Å². The van der Waals surface area contributed by atoms with Crippen LogP contribution in [-0.2, 0) is 29.0 Å². The summed E-state index contributed by atoms with van der Waals surface area (Å²) in [6.07, 6.45) is 10.8. The van der Waals surface area contributed by atoms with E-state index in [0.717, 1.165) is 61.5 Å². The van der Waals surface area contributed by atoms with Crippen LogP contribution in [0.5, 0.6) is 0 Å². The lowest BCUT2D eigenvalue weighted by molar-refractivity contribution is -0.122. The number of rotatable bonds is 19. The molecular formula is C39H58N4O2S. The molecule has 0 aliphatic carbocycles. The molecule has 0 fully saturated rings. The van der Waals surface area contributed by atoms with Gasteiger partial charge in [-0.2, -0.15) is 0 Å². The number of hydrazine groups is 1. The molecule has 0 aliphatic heterocycles. The lowest BCUT2D eigenvalue weighted by atomic mass is 9.79. The molecule has 0 bridgehead atoms. The zero-order chi connectivity index (χ0) is 34.0. The molecule has 2 aromatic heterocycles. The third-order valence-electron chi connectivity index (χ3n) is 9.60. The van der Waals surface area contributed by atoms with E-state index >= 15 is 0 Å². The molecule has 3 aromatic rings. The van der Waals surface area contributed by atoms with Crippen LogP contribution in [0.25, 0.3) is 27.7 Å². The fraction of sp³-hybridized carbons (Fsp3) is 0.564. The molecule has 3 rings (SSSR count). The molecule has 252 valence electrons. The van der Waals surface area contributed by atoms with Gasteiger partial charge in [0.05, 0.1) is 16.4 Å². The number of nitrogens with two attached hydrogens (primary N) is 1. The Morgan fingerprint density at radius 2 is 1.87 bits per heavy atom. The van der Waals surface area contributed by atoms with Crippen molar-refractivity contribution in [2.75, 3.05) is 6.54 Å². The summed E-state index contributed by atoms with van der Waals surface area (Å²) in [5.74, 6) is 6.41. The van der Waals surface area contributed by atoms with Gasteiger partial charge in [0.25, 0.3) is 0 Å². The molecule has 7 heteroatoms. The highest BCUT2D eigenvalue weighted by molar-refractivity contribution is 7.09. The number of aromatic nitrogens is 2. The first kappa shape index (κ1) is 37.6. The number of carbonyl (C=O) groups excluding carboxylic acids is 2. The molecule has 0 amide bonds. The quantitative estimate of drug-likeness (QED) is 0.0586. The topological polar surface area (TPSA) is 90.0 Å². The monoisotopic (exact) mass is 646 g/mol. The van der Waals surface area contributed by atoms with Crippen molar-refractivity contribution in [1.29, 1.82) is 0 Å². The average Bonchev–Trinajstić information content (AvgIpc) is 3.63. The number of fused-ring (bicyclic) bond motifs is 1. The van der Waals surface area contributed by atoms with E-state index in [2.05, 4.69) is 94.2 Å². The second kappa shape index (κ2) is 17.3. The molecule has 1 aromatic carbocycles. The Hall–Kier alpha value is -2.87. The largest absolute Gasteiger partial charge is 0.341 e. The van der Waals surface area contributed by atoms with Crippen LogP contribution in [-0.4, -0.2) is 27.7 Å². The second-order valence-corrected chi connectivity index (χ2v) is 14.8. The summed E-state index contributed by atoms with van der Waals surface area (Å²) < 4.78 is 2.49. The van der Waals surface area contributed by atoms with Gasteiger partial charge in [0, 0.05) is 60.1 Å². The Balaban J connectivity index is 2.09. The van der Waals surface area contributed by atoms with Gasteiger partial charge < -0.3 is 9.36 Å². The minimum Gasteiger partial charge on any atom is -0.341 e. The van der Waals surface area contributed by atoms with Gasteiger partial charge in [-0.05, 0) is 94.4 Å². The van der Waals surface area contributed by atoms with Gasteiger partial charge in [-0.15, -0.1) is 11.3 Å². The summed E-state index contributed by atoms with van der Waals surface area (Å²) >= 11 is 1.64. The van der Waals surface area contributed by atoms with Crippen LogP contribution in [0.1, 0.15) is 117 Å². The molecule has 3 N–H and O–H groups in total. The molecule has 6 nitrogen and oxygen atoms in total. The number of thiazole rings is 1. The fourth-order valence-corrected chi connectivity index (χ4v) is 7.13. The first-order valence-corrected chi connectivity index (χ1v) is 18.1. The van der Waals surface area contributed by atoms with Crippen molar-refractivity contribution < 1.29 is 9.59 Å². The van der Waals surface area contributed by atoms with Crippen molar-refractivity contribution in [3.8, 4) is 11.3 Å². The van der Waals surface area contributed by atoms with E-state index in [-0.39, 0.29) is 17.1 Å². The number of hydrogen-bond donors (Lipinski definition) is 2. The van der Waals surface area contributed by atoms with Gasteiger partial charge in [0.2, 0.25) is 0 Å². The minimum atomic E-state index is -0.0487. The Labute approximate surface area is 281 Å². The van der Waals surface area contributed by atoms with Gasteiger partial charge in [0.1, 0.15) is 11.6 Å². The van der Waals surface area contributed by atoms with Gasteiger partial charge in [0.15, 0.2) is 0 Å². The van der Waals surface area contributed by atoms with Gasteiger partial charge in [-0.25, -0.2) is 4.98 Å². The predicted octanol–water partition coefficient (Wildman–Crippen LogP) is 9.50. The molecule has 0 radical (unpaired) electrons. The minimum absolute atomic E-state index is 0.0375. The third kappa shape index (κ3) is 9.58. The van der Waals surface area contributed by atoms with Crippen LogP contribution in [0.15, 0.2) is 41.3 Å². The van der Waals surface area contributed by atoms with E-state index < -0.39 is 0 Å². The van der Waals surface area contributed by atoms with E-state index in [1.807, 2.05) is 6.92 Å². The Bertz CT molecular complexity index is 1540. The summed E-state index contributed by atoms with van der Waals surface area (Å²) in [7, 11) is 0. The van der Waals surface area contributed by atoms with E-state index in [4.69, 9.17) is 10.8 Å². The van der Waals surface area contributed by atoms with Crippen molar-refractivity contribution in [3.05, 3.63) is 57.6 Å². The molecular weight excluding hydrogens is 589 g/mol. The molecule has 46 heavy (non-hydrogen) atoms. The zero-order valence-electron chi connectivity index (χ0n) is 29.9. The molecule has 2 atom stereocenters. The number of benzene rings is 1. The number of aryl methyl sites for hydroxylation is 2. The van der Waals surface area contributed by atoms with Gasteiger partial charge in [-0.1, -0.05) is 58.4 Å². The van der Waals surface area contributed by atoms with Gasteiger partial charge in [-0.3, -0.25) is 16.1 Å². The van der Waals surface area contributed by atoms with Crippen LogP contribution in [0, 0.1) is 17.3 Å². The molecule has 0 aliphatic rings. The highest BCUT2D eigenvalue weighted by Crippen LogP contribution is 2.41. The van der Waals surface area contributed by atoms with Crippen molar-refractivity contribution in [3.63, 3.8) is 0 Å². The fourth-order valence-electron chi connectivity index (χ4n) is 6.32. The summed E-state index contributed by atoms with van der Waals surface area (Å²) in [4.78, 5) is 29.7. The molecule has 0 spiro atoms. The molecule has 0 saturated carbocycles. The van der Waals surface area contributed by atoms with E-state index in [9.17, 15) is 9.59 Å². The molecule has 2 heterocycles. The van der Waals surface area contributed by atoms with Crippen molar-refractivity contribution in [1.82, 2.24) is 15.0 Å². The number of nitrogens with zero attached hydrogens (tertiary/aromatic N) is 2. The van der Waals surface area contributed by atoms with E-state index in [1.165, 1.54) is 33.3 Å². The number of allylic oxidation sites excluding steroid dienone is 4. The maximum Gasteiger partial charge on any atom is 0.136 e. The number of hydrogen-bond acceptors (Lipinski definition) is 6. The highest BCUT2D eigenvalue weighted by Gasteiger charge is 2.27. The summed E-state index contributed by atoms with van der Waals surface area (Å²) in [6, 6.07) is 6.78. The maximum absolute atomic E-state index is 12.7. The van der Waals surface area contributed by atoms with E-state index in [1.54, 1.807) is 18.3 Å². The number of ketones is 2. The van der Waals surface area contributed by atoms with Crippen molar-refractivity contribution in [2.24, 2.45) is 23.1 Å². The lowest BCUT2D eigenvalue weighted by Gasteiger charge is -2.26. The van der Waals surface area contributed by atoms with Crippen LogP contribution in [0.4, 0.5) is 0 Å².